The third kappa shape index (κ3) is 7.96. The number of para-hydroxylation sites is 1. The van der Waals surface area contributed by atoms with Crippen molar-refractivity contribution in [3.63, 3.8) is 0 Å². The van der Waals surface area contributed by atoms with E-state index >= 15 is 0 Å². The van der Waals surface area contributed by atoms with Gasteiger partial charge in [0.2, 0.25) is 5.91 Å². The van der Waals surface area contributed by atoms with Crippen molar-refractivity contribution in [2.75, 3.05) is 18.6 Å². The van der Waals surface area contributed by atoms with Gasteiger partial charge in [-0.2, -0.15) is 0 Å². The van der Waals surface area contributed by atoms with Crippen molar-refractivity contribution in [2.24, 2.45) is 5.41 Å². The zero-order valence-electron chi connectivity index (χ0n) is 24.0. The van der Waals surface area contributed by atoms with Crippen LogP contribution in [-0.4, -0.2) is 49.2 Å². The molecule has 8 nitrogen and oxygen atoms in total. The number of halogens is 1. The maximum atomic E-state index is 14.0. The monoisotopic (exact) mass is 558 g/mol. The highest BCUT2D eigenvalue weighted by molar-refractivity contribution is 6.30. The first-order valence-electron chi connectivity index (χ1n) is 13.0. The second kappa shape index (κ2) is 12.0. The standard InChI is InChI=1S/C30H39ClN2O6/c1-18(28(36)39-30(5,6)7)32-25(34)16-24-27(35)33(17-29(2,3)4)22-14-13-19(31)15-21(22)26(38-24)20-11-9-10-12-23(20)37-8/h9-15,18,24,26H,16-17H2,1-8H3,(H,32,34)/t18-,24+,26+/m0/s1. The lowest BCUT2D eigenvalue weighted by atomic mass is 9.94. The Morgan fingerprint density at radius 1 is 1.08 bits per heavy atom. The van der Waals surface area contributed by atoms with Crippen LogP contribution in [0.5, 0.6) is 5.75 Å². The summed E-state index contributed by atoms with van der Waals surface area (Å²) in [5.41, 5.74) is 1.09. The molecule has 39 heavy (non-hydrogen) atoms. The molecule has 2 aromatic rings. The lowest BCUT2D eigenvalue weighted by Crippen LogP contribution is -2.47. The average molecular weight is 559 g/mol. The number of carbonyl (C=O) groups is 3. The summed E-state index contributed by atoms with van der Waals surface area (Å²) in [5.74, 6) is -0.852. The molecule has 2 amide bonds. The maximum absolute atomic E-state index is 14.0. The number of benzene rings is 2. The van der Waals surface area contributed by atoms with Gasteiger partial charge in [-0.15, -0.1) is 0 Å². The van der Waals surface area contributed by atoms with Gasteiger partial charge in [0.05, 0.1) is 13.5 Å². The SMILES string of the molecule is COc1ccccc1[C@H]1O[C@H](CC(=O)N[C@@H](C)C(=O)OC(C)(C)C)C(=O)N(CC(C)(C)C)c2ccc(Cl)cc21. The van der Waals surface area contributed by atoms with Crippen LogP contribution >= 0.6 is 11.6 Å². The van der Waals surface area contributed by atoms with Crippen LogP contribution in [-0.2, 0) is 23.9 Å². The summed E-state index contributed by atoms with van der Waals surface area (Å²) in [6, 6.07) is 11.8. The van der Waals surface area contributed by atoms with Gasteiger partial charge in [-0.3, -0.25) is 9.59 Å². The first kappa shape index (κ1) is 30.4. The molecule has 0 spiro atoms. The molecule has 1 heterocycles. The van der Waals surface area contributed by atoms with E-state index in [0.29, 0.717) is 34.1 Å². The number of amides is 2. The van der Waals surface area contributed by atoms with Gasteiger partial charge in [0.15, 0.2) is 0 Å². The highest BCUT2D eigenvalue weighted by Gasteiger charge is 2.40. The van der Waals surface area contributed by atoms with Crippen LogP contribution in [0.3, 0.4) is 0 Å². The summed E-state index contributed by atoms with van der Waals surface area (Å²) in [5, 5.41) is 3.14. The third-order valence-electron chi connectivity index (χ3n) is 5.97. The lowest BCUT2D eigenvalue weighted by molar-refractivity contribution is -0.158. The zero-order chi connectivity index (χ0) is 29.1. The molecule has 1 aliphatic heterocycles. The predicted molar refractivity (Wildman–Crippen MR) is 151 cm³/mol. The summed E-state index contributed by atoms with van der Waals surface area (Å²) < 4.78 is 17.4. The third-order valence-corrected chi connectivity index (χ3v) is 6.20. The van der Waals surface area contributed by atoms with Crippen molar-refractivity contribution in [1.29, 1.82) is 0 Å². The smallest absolute Gasteiger partial charge is 0.328 e. The number of nitrogens with zero attached hydrogens (tertiary/aromatic N) is 1. The van der Waals surface area contributed by atoms with Crippen molar-refractivity contribution in [2.45, 2.75) is 78.7 Å². The molecular weight excluding hydrogens is 520 g/mol. The van der Waals surface area contributed by atoms with Gasteiger partial charge in [-0.05, 0) is 57.4 Å². The number of methoxy groups -OCH3 is 1. The van der Waals surface area contributed by atoms with Gasteiger partial charge in [0.25, 0.3) is 5.91 Å². The number of rotatable bonds is 7. The molecule has 3 atom stereocenters. The van der Waals surface area contributed by atoms with Crippen LogP contribution in [0.25, 0.3) is 0 Å². The average Bonchev–Trinajstić information content (AvgIpc) is 2.92. The Hall–Kier alpha value is -3.10. The Labute approximate surface area is 235 Å². The summed E-state index contributed by atoms with van der Waals surface area (Å²) >= 11 is 6.43. The van der Waals surface area contributed by atoms with E-state index in [-0.39, 0.29) is 17.7 Å². The van der Waals surface area contributed by atoms with E-state index < -0.39 is 35.7 Å². The number of anilines is 1. The van der Waals surface area contributed by atoms with E-state index in [1.165, 1.54) is 0 Å². The molecule has 0 aliphatic carbocycles. The number of ether oxygens (including phenoxy) is 3. The van der Waals surface area contributed by atoms with Gasteiger partial charge >= 0.3 is 5.97 Å². The molecule has 0 saturated carbocycles. The minimum atomic E-state index is -1.14. The van der Waals surface area contributed by atoms with Crippen LogP contribution in [0, 0.1) is 5.41 Å². The molecule has 0 saturated heterocycles. The van der Waals surface area contributed by atoms with E-state index in [4.69, 9.17) is 25.8 Å². The Kier molecular flexibility index (Phi) is 9.34. The van der Waals surface area contributed by atoms with E-state index in [0.717, 1.165) is 0 Å². The van der Waals surface area contributed by atoms with Gasteiger partial charge in [0, 0.05) is 28.4 Å². The first-order chi connectivity index (χ1) is 18.1. The van der Waals surface area contributed by atoms with Crippen LogP contribution in [0.4, 0.5) is 5.69 Å². The predicted octanol–water partition coefficient (Wildman–Crippen LogP) is 5.45. The summed E-state index contributed by atoms with van der Waals surface area (Å²) in [6.45, 7) is 13.3. The number of esters is 1. The molecule has 0 fully saturated rings. The van der Waals surface area contributed by atoms with Gasteiger partial charge in [-0.1, -0.05) is 50.6 Å². The molecule has 9 heteroatoms. The van der Waals surface area contributed by atoms with Gasteiger partial charge in [0.1, 0.15) is 29.6 Å². The van der Waals surface area contributed by atoms with Crippen molar-refractivity contribution < 1.29 is 28.6 Å². The second-order valence-electron chi connectivity index (χ2n) is 12.0. The summed E-state index contributed by atoms with van der Waals surface area (Å²) in [4.78, 5) is 41.2. The van der Waals surface area contributed by atoms with E-state index in [9.17, 15) is 14.4 Å². The Bertz CT molecular complexity index is 1220. The van der Waals surface area contributed by atoms with Crippen LogP contribution in [0.15, 0.2) is 42.5 Å². The van der Waals surface area contributed by atoms with E-state index in [2.05, 4.69) is 5.32 Å². The molecule has 1 aliphatic rings. The van der Waals surface area contributed by atoms with E-state index in [1.807, 2.05) is 45.0 Å². The summed E-state index contributed by atoms with van der Waals surface area (Å²) in [6.07, 6.45) is -2.18. The van der Waals surface area contributed by atoms with Crippen LogP contribution in [0.2, 0.25) is 5.02 Å². The minimum absolute atomic E-state index is 0.255. The molecule has 1 N–H and O–H groups in total. The number of carbonyl (C=O) groups excluding carboxylic acids is 3. The molecular formula is C30H39ClN2O6. The Morgan fingerprint density at radius 2 is 1.74 bits per heavy atom. The van der Waals surface area contributed by atoms with Crippen molar-refractivity contribution >= 4 is 35.1 Å². The van der Waals surface area contributed by atoms with Crippen molar-refractivity contribution in [1.82, 2.24) is 5.32 Å². The molecule has 2 aromatic carbocycles. The zero-order valence-corrected chi connectivity index (χ0v) is 24.7. The normalized spacial score (nSPS) is 18.6. The van der Waals surface area contributed by atoms with E-state index in [1.54, 1.807) is 57.9 Å². The second-order valence-corrected chi connectivity index (χ2v) is 12.4. The molecule has 0 unspecified atom stereocenters. The molecule has 0 aromatic heterocycles. The van der Waals surface area contributed by atoms with Crippen LogP contribution in [0.1, 0.15) is 72.1 Å². The fourth-order valence-corrected chi connectivity index (χ4v) is 4.56. The first-order valence-corrected chi connectivity index (χ1v) is 13.4. The number of hydrogen-bond donors (Lipinski definition) is 1. The molecule has 0 bridgehead atoms. The topological polar surface area (TPSA) is 94.2 Å². The Balaban J connectivity index is 2.02. The van der Waals surface area contributed by atoms with Gasteiger partial charge < -0.3 is 24.4 Å². The largest absolute Gasteiger partial charge is 0.496 e. The highest BCUT2D eigenvalue weighted by atomic mass is 35.5. The quantitative estimate of drug-likeness (QED) is 0.454. The fraction of sp³-hybridized carbons (Fsp3) is 0.500. The number of hydrogen-bond acceptors (Lipinski definition) is 6. The van der Waals surface area contributed by atoms with Gasteiger partial charge in [-0.25, -0.2) is 4.79 Å². The highest BCUT2D eigenvalue weighted by Crippen LogP contribution is 2.43. The fourth-order valence-electron chi connectivity index (χ4n) is 4.38. The Morgan fingerprint density at radius 3 is 2.36 bits per heavy atom. The van der Waals surface area contributed by atoms with Crippen LogP contribution < -0.4 is 15.0 Å². The molecule has 212 valence electrons. The number of nitrogens with one attached hydrogen (secondary N) is 1. The van der Waals surface area contributed by atoms with Crippen molar-refractivity contribution in [3.05, 3.63) is 58.6 Å². The lowest BCUT2D eigenvalue weighted by Gasteiger charge is -2.31. The minimum Gasteiger partial charge on any atom is -0.496 e. The molecule has 0 radical (unpaired) electrons. The molecule has 3 rings (SSSR count). The summed E-state index contributed by atoms with van der Waals surface area (Å²) in [7, 11) is 1.56. The maximum Gasteiger partial charge on any atom is 0.328 e. The number of fused-ring (bicyclic) bond motifs is 1. The van der Waals surface area contributed by atoms with Crippen molar-refractivity contribution in [3.8, 4) is 5.75 Å².